The Labute approximate surface area is 173 Å². The second kappa shape index (κ2) is 9.21. The molecule has 0 saturated carbocycles. The first kappa shape index (κ1) is 19.7. The molecule has 0 aliphatic carbocycles. The highest BCUT2D eigenvalue weighted by Crippen LogP contribution is 2.21. The molecule has 0 bridgehead atoms. The van der Waals surface area contributed by atoms with Gasteiger partial charge in [0, 0.05) is 16.5 Å². The van der Waals surface area contributed by atoms with E-state index in [1.165, 1.54) is 5.56 Å². The quantitative estimate of drug-likeness (QED) is 0.420. The summed E-state index contributed by atoms with van der Waals surface area (Å²) in [5.74, 6) is 1.26. The topological polar surface area (TPSA) is 54.8 Å². The molecule has 0 atom stereocenters. The van der Waals surface area contributed by atoms with E-state index in [0.29, 0.717) is 11.0 Å². The lowest BCUT2D eigenvalue weighted by atomic mass is 10.0. The van der Waals surface area contributed by atoms with Gasteiger partial charge in [-0.05, 0) is 53.5 Å². The molecular formula is C19H20ClN5S2. The van der Waals surface area contributed by atoms with E-state index < -0.39 is 0 Å². The summed E-state index contributed by atoms with van der Waals surface area (Å²) in [5.41, 5.74) is 6.47. The van der Waals surface area contributed by atoms with Crippen molar-refractivity contribution in [3.05, 3.63) is 71.0 Å². The van der Waals surface area contributed by atoms with E-state index in [9.17, 15) is 0 Å². The molecule has 0 amide bonds. The smallest absolute Gasteiger partial charge is 0.210 e. The van der Waals surface area contributed by atoms with Gasteiger partial charge < -0.3 is 5.32 Å². The molecule has 2 N–H and O–H groups in total. The van der Waals surface area contributed by atoms with Crippen LogP contribution in [-0.2, 0) is 5.75 Å². The molecule has 0 aliphatic heterocycles. The Bertz CT molecular complexity index is 891. The summed E-state index contributed by atoms with van der Waals surface area (Å²) in [6, 6.07) is 16.0. The summed E-state index contributed by atoms with van der Waals surface area (Å²) in [7, 11) is 0. The van der Waals surface area contributed by atoms with Crippen molar-refractivity contribution in [3.8, 4) is 0 Å². The van der Waals surface area contributed by atoms with Gasteiger partial charge in [0.15, 0.2) is 5.11 Å². The Kier molecular flexibility index (Phi) is 6.71. The number of rotatable bonds is 6. The Balaban J connectivity index is 1.57. The molecule has 0 fully saturated rings. The normalized spacial score (nSPS) is 10.8. The summed E-state index contributed by atoms with van der Waals surface area (Å²) >= 11 is 12.9. The van der Waals surface area contributed by atoms with Crippen molar-refractivity contribution in [1.29, 1.82) is 0 Å². The van der Waals surface area contributed by atoms with E-state index >= 15 is 0 Å². The van der Waals surface area contributed by atoms with Crippen LogP contribution in [0.4, 0.5) is 5.69 Å². The van der Waals surface area contributed by atoms with Crippen LogP contribution in [0.1, 0.15) is 30.9 Å². The molecule has 140 valence electrons. The summed E-state index contributed by atoms with van der Waals surface area (Å²) < 4.78 is 1.71. The third-order valence-electron chi connectivity index (χ3n) is 3.85. The van der Waals surface area contributed by atoms with Crippen LogP contribution in [0.25, 0.3) is 0 Å². The largest absolute Gasteiger partial charge is 0.331 e. The van der Waals surface area contributed by atoms with Crippen molar-refractivity contribution in [2.75, 3.05) is 10.7 Å². The predicted octanol–water partition coefficient (Wildman–Crippen LogP) is 5.29. The fraction of sp³-hybridized carbons (Fsp3) is 0.211. The number of nitrogens with zero attached hydrogens (tertiary/aromatic N) is 3. The number of thiocarbonyl (C=S) groups is 1. The summed E-state index contributed by atoms with van der Waals surface area (Å²) in [6.07, 6.45) is 1.60. The van der Waals surface area contributed by atoms with Gasteiger partial charge in [0.25, 0.3) is 0 Å². The first-order valence-electron chi connectivity index (χ1n) is 8.46. The second-order valence-corrected chi connectivity index (χ2v) is 8.03. The van der Waals surface area contributed by atoms with Gasteiger partial charge in [0.1, 0.15) is 6.33 Å². The molecule has 3 aromatic rings. The molecule has 5 nitrogen and oxygen atoms in total. The van der Waals surface area contributed by atoms with Crippen LogP contribution in [0, 0.1) is 0 Å². The maximum Gasteiger partial charge on any atom is 0.210 e. The van der Waals surface area contributed by atoms with Crippen LogP contribution in [0.5, 0.6) is 0 Å². The Morgan fingerprint density at radius 1 is 1.15 bits per heavy atom. The predicted molar refractivity (Wildman–Crippen MR) is 117 cm³/mol. The van der Waals surface area contributed by atoms with Crippen LogP contribution in [0.3, 0.4) is 0 Å². The molecule has 1 heterocycles. The number of hydrogen-bond acceptors (Lipinski definition) is 4. The molecule has 3 rings (SSSR count). The third-order valence-corrected chi connectivity index (χ3v) is 5.31. The molecule has 0 aliphatic rings. The molecule has 8 heteroatoms. The molecule has 0 radical (unpaired) electrons. The fourth-order valence-corrected chi connectivity index (χ4v) is 3.51. The average molecular weight is 418 g/mol. The van der Waals surface area contributed by atoms with Gasteiger partial charge in [-0.15, -0.1) is 10.2 Å². The van der Waals surface area contributed by atoms with Gasteiger partial charge in [-0.3, -0.25) is 5.43 Å². The average Bonchev–Trinajstić information content (AvgIpc) is 3.08. The highest BCUT2D eigenvalue weighted by molar-refractivity contribution is 7.98. The van der Waals surface area contributed by atoms with Gasteiger partial charge in [0.05, 0.1) is 0 Å². The summed E-state index contributed by atoms with van der Waals surface area (Å²) in [5, 5.41) is 13.2. The minimum absolute atomic E-state index is 0.473. The molecule has 0 spiro atoms. The monoisotopic (exact) mass is 417 g/mol. The van der Waals surface area contributed by atoms with Crippen LogP contribution < -0.4 is 10.7 Å². The highest BCUT2D eigenvalue weighted by atomic mass is 35.5. The Hall–Kier alpha value is -2.09. The lowest BCUT2D eigenvalue weighted by Crippen LogP contribution is -2.27. The maximum absolute atomic E-state index is 5.92. The standard InChI is InChI=1S/C19H20ClN5S2/c1-13(2)15-5-9-17(10-6-15)22-18(26)24-25-12-21-23-19(25)27-11-14-3-7-16(20)8-4-14/h3-10,12-13H,11H2,1-2H3,(H2,22,24,26). The SMILES string of the molecule is CC(C)c1ccc(NC(=S)Nn2cnnc2SCc2ccc(Cl)cc2)cc1. The van der Waals surface area contributed by atoms with Crippen molar-refractivity contribution in [2.45, 2.75) is 30.7 Å². The number of anilines is 1. The molecule has 0 unspecified atom stereocenters. The van der Waals surface area contributed by atoms with Crippen LogP contribution >= 0.6 is 35.6 Å². The van der Waals surface area contributed by atoms with E-state index in [0.717, 1.165) is 27.2 Å². The number of benzene rings is 2. The fourth-order valence-electron chi connectivity index (χ4n) is 2.35. The number of thioether (sulfide) groups is 1. The third kappa shape index (κ3) is 5.69. The van der Waals surface area contributed by atoms with Crippen LogP contribution in [0.2, 0.25) is 5.02 Å². The van der Waals surface area contributed by atoms with Crippen molar-refractivity contribution in [1.82, 2.24) is 14.9 Å². The van der Waals surface area contributed by atoms with Gasteiger partial charge in [-0.2, -0.15) is 0 Å². The Morgan fingerprint density at radius 3 is 2.52 bits per heavy atom. The Morgan fingerprint density at radius 2 is 1.85 bits per heavy atom. The van der Waals surface area contributed by atoms with Gasteiger partial charge in [0.2, 0.25) is 5.16 Å². The molecule has 1 aromatic heterocycles. The first-order chi connectivity index (χ1) is 13.0. The lowest BCUT2D eigenvalue weighted by Gasteiger charge is -2.13. The number of nitrogens with one attached hydrogen (secondary N) is 2. The van der Waals surface area contributed by atoms with Gasteiger partial charge in [-0.1, -0.05) is 61.5 Å². The van der Waals surface area contributed by atoms with Crippen molar-refractivity contribution >= 4 is 46.4 Å². The minimum atomic E-state index is 0.473. The maximum atomic E-state index is 5.92. The highest BCUT2D eigenvalue weighted by Gasteiger charge is 2.08. The molecular weight excluding hydrogens is 398 g/mol. The van der Waals surface area contributed by atoms with E-state index in [4.69, 9.17) is 23.8 Å². The van der Waals surface area contributed by atoms with E-state index in [-0.39, 0.29) is 0 Å². The van der Waals surface area contributed by atoms with Gasteiger partial charge in [-0.25, -0.2) is 4.68 Å². The van der Waals surface area contributed by atoms with Gasteiger partial charge >= 0.3 is 0 Å². The number of halogens is 1. The molecule has 0 saturated heterocycles. The van der Waals surface area contributed by atoms with E-state index in [1.807, 2.05) is 36.4 Å². The zero-order valence-corrected chi connectivity index (χ0v) is 17.4. The van der Waals surface area contributed by atoms with Crippen molar-refractivity contribution in [3.63, 3.8) is 0 Å². The van der Waals surface area contributed by atoms with E-state index in [2.05, 4.69) is 46.9 Å². The van der Waals surface area contributed by atoms with Crippen molar-refractivity contribution < 1.29 is 0 Å². The van der Waals surface area contributed by atoms with E-state index in [1.54, 1.807) is 22.8 Å². The molecule has 2 aromatic carbocycles. The lowest BCUT2D eigenvalue weighted by molar-refractivity contribution is 0.833. The number of hydrogen-bond donors (Lipinski definition) is 2. The zero-order chi connectivity index (χ0) is 19.2. The first-order valence-corrected chi connectivity index (χ1v) is 10.2. The van der Waals surface area contributed by atoms with Crippen LogP contribution in [-0.4, -0.2) is 20.0 Å². The zero-order valence-electron chi connectivity index (χ0n) is 15.0. The minimum Gasteiger partial charge on any atom is -0.331 e. The summed E-state index contributed by atoms with van der Waals surface area (Å²) in [4.78, 5) is 0. The molecule has 27 heavy (non-hydrogen) atoms. The van der Waals surface area contributed by atoms with Crippen molar-refractivity contribution in [2.24, 2.45) is 0 Å². The summed E-state index contributed by atoms with van der Waals surface area (Å²) in [6.45, 7) is 4.34. The number of aromatic nitrogens is 3. The second-order valence-electron chi connectivity index (χ2n) is 6.24. The van der Waals surface area contributed by atoms with Crippen LogP contribution in [0.15, 0.2) is 60.0 Å².